The lowest BCUT2D eigenvalue weighted by molar-refractivity contribution is 0.00518. The Balaban J connectivity index is 4.42. The molecule has 0 heterocycles. The maximum Gasteiger partial charge on any atom is 0.233 e. The van der Waals surface area contributed by atoms with E-state index in [2.05, 4.69) is 20.8 Å². The van der Waals surface area contributed by atoms with Gasteiger partial charge >= 0.3 is 0 Å². The predicted molar refractivity (Wildman–Crippen MR) is 83.8 cm³/mol. The average Bonchev–Trinajstić information content (AvgIpc) is 2.32. The Morgan fingerprint density at radius 2 is 1.45 bits per heavy atom. The first-order chi connectivity index (χ1) is 9.39. The van der Waals surface area contributed by atoms with Gasteiger partial charge in [-0.2, -0.15) is 0 Å². The first-order valence-corrected chi connectivity index (χ1v) is 9.94. The maximum atomic E-state index is 11.5. The van der Waals surface area contributed by atoms with Gasteiger partial charge in [-0.05, 0) is 19.3 Å². The van der Waals surface area contributed by atoms with Crippen LogP contribution in [0.25, 0.3) is 0 Å². The molecule has 0 amide bonds. The zero-order valence-corrected chi connectivity index (χ0v) is 14.6. The molecule has 20 heavy (non-hydrogen) atoms. The number of ether oxygens (including phenoxy) is 2. The molecule has 0 bridgehead atoms. The molecule has 0 saturated carbocycles. The number of rotatable bonds is 13. The zero-order chi connectivity index (χ0) is 15.5. The van der Waals surface area contributed by atoms with Crippen molar-refractivity contribution in [1.82, 2.24) is 0 Å². The van der Waals surface area contributed by atoms with Crippen molar-refractivity contribution >= 4 is 19.7 Å². The third-order valence-corrected chi connectivity index (χ3v) is 4.45. The van der Waals surface area contributed by atoms with E-state index in [-0.39, 0.29) is 11.2 Å². The van der Waals surface area contributed by atoms with Gasteiger partial charge in [0.25, 0.3) is 0 Å². The summed E-state index contributed by atoms with van der Waals surface area (Å²) in [7, 11) is 1.95. The van der Waals surface area contributed by atoms with Crippen molar-refractivity contribution in [3.8, 4) is 0 Å². The normalized spacial score (nSPS) is 12.8. The first-order valence-electron chi connectivity index (χ1n) is 7.47. The quantitative estimate of drug-likeness (QED) is 0.383. The van der Waals surface area contributed by atoms with Crippen molar-refractivity contribution < 1.29 is 17.9 Å². The average molecular weight is 329 g/mol. The summed E-state index contributed by atoms with van der Waals surface area (Å²) in [5, 5.41) is 0. The molecular formula is C14H29ClO4S. The van der Waals surface area contributed by atoms with Crippen LogP contribution in [0.4, 0.5) is 0 Å². The molecule has 0 aliphatic rings. The Morgan fingerprint density at radius 3 is 1.90 bits per heavy atom. The van der Waals surface area contributed by atoms with Crippen molar-refractivity contribution in [3.63, 3.8) is 0 Å². The van der Waals surface area contributed by atoms with Gasteiger partial charge in [0.15, 0.2) is 0 Å². The van der Waals surface area contributed by atoms with Crippen LogP contribution in [0.3, 0.4) is 0 Å². The topological polar surface area (TPSA) is 52.6 Å². The highest BCUT2D eigenvalue weighted by molar-refractivity contribution is 8.13. The standard InChI is InChI=1S/C14H29ClO4S/c1-4-7-14(8-5-2,13-20(15,16)17)12-19-11-10-18-9-6-3/h4-13H2,1-3H3. The molecule has 0 aromatic carbocycles. The van der Waals surface area contributed by atoms with Crippen molar-refractivity contribution in [2.75, 3.05) is 32.2 Å². The number of hydrogen-bond acceptors (Lipinski definition) is 4. The second-order valence-corrected chi connectivity index (χ2v) is 8.13. The fourth-order valence-electron chi connectivity index (χ4n) is 2.53. The highest BCUT2D eigenvalue weighted by Gasteiger charge is 2.33. The summed E-state index contributed by atoms with van der Waals surface area (Å²) >= 11 is 0. The fourth-order valence-corrected chi connectivity index (χ4v) is 4.33. The van der Waals surface area contributed by atoms with Crippen LogP contribution in [-0.4, -0.2) is 40.6 Å². The lowest BCUT2D eigenvalue weighted by atomic mass is 9.82. The number of hydrogen-bond donors (Lipinski definition) is 0. The van der Waals surface area contributed by atoms with E-state index in [1.165, 1.54) is 0 Å². The lowest BCUT2D eigenvalue weighted by Gasteiger charge is -2.32. The van der Waals surface area contributed by atoms with Gasteiger partial charge < -0.3 is 9.47 Å². The van der Waals surface area contributed by atoms with Crippen LogP contribution >= 0.6 is 10.7 Å². The first kappa shape index (κ1) is 20.2. The van der Waals surface area contributed by atoms with Gasteiger partial charge in [0.1, 0.15) is 0 Å². The fraction of sp³-hybridized carbons (Fsp3) is 1.00. The van der Waals surface area contributed by atoms with Crippen molar-refractivity contribution in [2.45, 2.75) is 52.9 Å². The Hall–Kier alpha value is 0.160. The van der Waals surface area contributed by atoms with Crippen LogP contribution < -0.4 is 0 Å². The van der Waals surface area contributed by atoms with E-state index in [9.17, 15) is 8.42 Å². The van der Waals surface area contributed by atoms with Crippen LogP contribution in [0.5, 0.6) is 0 Å². The Bertz CT molecular complexity index is 324. The van der Waals surface area contributed by atoms with Gasteiger partial charge in [0.05, 0.1) is 25.6 Å². The van der Waals surface area contributed by atoms with E-state index in [1.54, 1.807) is 0 Å². The van der Waals surface area contributed by atoms with Crippen molar-refractivity contribution in [3.05, 3.63) is 0 Å². The zero-order valence-electron chi connectivity index (χ0n) is 13.0. The summed E-state index contributed by atoms with van der Waals surface area (Å²) in [5.41, 5.74) is -0.366. The Labute approximate surface area is 128 Å². The Kier molecular flexibility index (Phi) is 10.9. The van der Waals surface area contributed by atoms with Crippen LogP contribution in [0.1, 0.15) is 52.9 Å². The summed E-state index contributed by atoms with van der Waals surface area (Å²) in [5.74, 6) is -0.0148. The summed E-state index contributed by atoms with van der Waals surface area (Å²) in [6.45, 7) is 8.36. The van der Waals surface area contributed by atoms with E-state index in [1.807, 2.05) is 0 Å². The van der Waals surface area contributed by atoms with Crippen LogP contribution in [-0.2, 0) is 18.5 Å². The molecule has 0 radical (unpaired) electrons. The molecule has 0 atom stereocenters. The predicted octanol–water partition coefficient (Wildman–Crippen LogP) is 3.58. The van der Waals surface area contributed by atoms with Crippen LogP contribution in [0.15, 0.2) is 0 Å². The van der Waals surface area contributed by atoms with Crippen molar-refractivity contribution in [1.29, 1.82) is 0 Å². The molecule has 0 aliphatic carbocycles. The molecule has 122 valence electrons. The molecule has 0 spiro atoms. The van der Waals surface area contributed by atoms with Gasteiger partial charge in [-0.3, -0.25) is 0 Å². The highest BCUT2D eigenvalue weighted by Crippen LogP contribution is 2.33. The largest absolute Gasteiger partial charge is 0.379 e. The van der Waals surface area contributed by atoms with Crippen LogP contribution in [0, 0.1) is 5.41 Å². The number of halogens is 1. The second-order valence-electron chi connectivity index (χ2n) is 5.35. The molecule has 0 aliphatic heterocycles. The molecule has 0 rings (SSSR count). The van der Waals surface area contributed by atoms with Crippen LogP contribution in [0.2, 0.25) is 0 Å². The lowest BCUT2D eigenvalue weighted by Crippen LogP contribution is -2.34. The van der Waals surface area contributed by atoms with Gasteiger partial charge in [-0.25, -0.2) is 8.42 Å². The summed E-state index contributed by atoms with van der Waals surface area (Å²) < 4.78 is 33.9. The van der Waals surface area contributed by atoms with Gasteiger partial charge in [-0.15, -0.1) is 0 Å². The smallest absolute Gasteiger partial charge is 0.233 e. The summed E-state index contributed by atoms with van der Waals surface area (Å²) in [4.78, 5) is 0. The van der Waals surface area contributed by atoms with E-state index < -0.39 is 9.05 Å². The van der Waals surface area contributed by atoms with Crippen molar-refractivity contribution in [2.24, 2.45) is 5.41 Å². The SMILES string of the molecule is CCCOCCOCC(CCC)(CCC)CS(=O)(=O)Cl. The van der Waals surface area contributed by atoms with Gasteiger partial charge in [-0.1, -0.05) is 33.6 Å². The van der Waals surface area contributed by atoms with Gasteiger partial charge in [0.2, 0.25) is 9.05 Å². The van der Waals surface area contributed by atoms with E-state index in [0.29, 0.717) is 19.8 Å². The monoisotopic (exact) mass is 328 g/mol. The van der Waals surface area contributed by atoms with E-state index >= 15 is 0 Å². The molecule has 0 N–H and O–H groups in total. The van der Waals surface area contributed by atoms with Gasteiger partial charge in [0, 0.05) is 22.7 Å². The molecular weight excluding hydrogens is 300 g/mol. The third-order valence-electron chi connectivity index (χ3n) is 3.17. The molecule has 4 nitrogen and oxygen atoms in total. The molecule has 0 saturated heterocycles. The third kappa shape index (κ3) is 9.97. The van der Waals surface area contributed by atoms with E-state index in [4.69, 9.17) is 20.2 Å². The Morgan fingerprint density at radius 1 is 0.900 bits per heavy atom. The summed E-state index contributed by atoms with van der Waals surface area (Å²) in [6.07, 6.45) is 4.44. The minimum atomic E-state index is -3.52. The highest BCUT2D eigenvalue weighted by atomic mass is 35.7. The van der Waals surface area contributed by atoms with E-state index in [0.717, 1.165) is 38.7 Å². The molecule has 0 unspecified atom stereocenters. The summed E-state index contributed by atoms with van der Waals surface area (Å²) in [6, 6.07) is 0. The minimum absolute atomic E-state index is 0.0148. The molecule has 6 heteroatoms. The second kappa shape index (κ2) is 10.8. The minimum Gasteiger partial charge on any atom is -0.379 e. The molecule has 0 aromatic heterocycles. The molecule has 0 fully saturated rings. The maximum absolute atomic E-state index is 11.5. The molecule has 0 aromatic rings.